The van der Waals surface area contributed by atoms with Crippen LogP contribution >= 0.6 is 11.6 Å². The van der Waals surface area contributed by atoms with E-state index in [-0.39, 0.29) is 12.1 Å². The number of hydrogen-bond donors (Lipinski definition) is 1. The number of nitrogens with zero attached hydrogens (tertiary/aromatic N) is 1. The normalized spacial score (nSPS) is 24.7. The lowest BCUT2D eigenvalue weighted by atomic mass is 9.74. The fraction of sp³-hybridized carbons (Fsp3) is 0.611. The third kappa shape index (κ3) is 6.86. The quantitative estimate of drug-likeness (QED) is 0.703. The average Bonchev–Trinajstić information content (AvgIpc) is 2.57. The van der Waals surface area contributed by atoms with Crippen molar-refractivity contribution in [1.82, 2.24) is 4.90 Å². The van der Waals surface area contributed by atoms with Crippen LogP contribution in [0.4, 0.5) is 18.9 Å². The minimum absolute atomic E-state index is 0.204. The van der Waals surface area contributed by atoms with Crippen LogP contribution in [0.3, 0.4) is 0 Å². The zero-order chi connectivity index (χ0) is 19.0. The Hall–Kier alpha value is -1.27. The minimum atomic E-state index is -3.96. The Kier molecular flexibility index (Phi) is 8.73. The van der Waals surface area contributed by atoms with Gasteiger partial charge in [-0.05, 0) is 50.6 Å². The van der Waals surface area contributed by atoms with Gasteiger partial charge in [-0.2, -0.15) is 13.2 Å². The molecule has 2 saturated heterocycles. The maximum absolute atomic E-state index is 12.2. The first-order chi connectivity index (χ1) is 11.7. The molecule has 3 fully saturated rings. The second kappa shape index (κ2) is 10.0. The van der Waals surface area contributed by atoms with Gasteiger partial charge in [-0.1, -0.05) is 31.9 Å². The molecule has 4 rings (SSSR count). The highest BCUT2D eigenvalue weighted by Crippen LogP contribution is 2.46. The topological polar surface area (TPSA) is 32.3 Å². The number of amides is 1. The molecule has 7 heteroatoms. The Labute approximate surface area is 152 Å². The summed E-state index contributed by atoms with van der Waals surface area (Å²) in [6, 6.07) is 7.31. The summed E-state index contributed by atoms with van der Waals surface area (Å²) in [6.07, 6.45) is -0.475. The van der Waals surface area contributed by atoms with Crippen LogP contribution in [-0.4, -0.2) is 36.6 Å². The highest BCUT2D eigenvalue weighted by atomic mass is 35.5. The molecule has 0 spiro atoms. The van der Waals surface area contributed by atoms with E-state index in [9.17, 15) is 18.0 Å². The third-order valence-corrected chi connectivity index (χ3v) is 4.59. The van der Waals surface area contributed by atoms with Crippen molar-refractivity contribution in [3.63, 3.8) is 0 Å². The van der Waals surface area contributed by atoms with Gasteiger partial charge in [-0.3, -0.25) is 4.79 Å². The summed E-state index contributed by atoms with van der Waals surface area (Å²) in [5.74, 6) is -1.03. The van der Waals surface area contributed by atoms with Crippen molar-refractivity contribution in [2.75, 3.05) is 12.4 Å². The Morgan fingerprint density at radius 3 is 2.00 bits per heavy atom. The van der Waals surface area contributed by atoms with Gasteiger partial charge in [-0.25, -0.2) is 0 Å². The number of hydrogen-bond acceptors (Lipinski definition) is 2. The van der Waals surface area contributed by atoms with Crippen molar-refractivity contribution in [2.24, 2.45) is 5.92 Å². The van der Waals surface area contributed by atoms with E-state index < -0.39 is 12.1 Å². The number of alkyl halides is 3. The molecule has 1 aromatic carbocycles. The van der Waals surface area contributed by atoms with E-state index >= 15 is 0 Å². The van der Waals surface area contributed by atoms with Crippen molar-refractivity contribution < 1.29 is 18.0 Å². The summed E-state index contributed by atoms with van der Waals surface area (Å²) in [6.45, 7) is 4.25. The lowest BCUT2D eigenvalue weighted by molar-refractivity contribution is -0.209. The van der Waals surface area contributed by atoms with Gasteiger partial charge >= 0.3 is 6.18 Å². The molecule has 3 atom stereocenters. The predicted octanol–water partition coefficient (Wildman–Crippen LogP) is 5.36. The molecule has 142 valence electrons. The van der Waals surface area contributed by atoms with Crippen LogP contribution in [0.1, 0.15) is 39.5 Å². The van der Waals surface area contributed by atoms with Gasteiger partial charge in [0.15, 0.2) is 0 Å². The molecule has 2 aliphatic heterocycles. The molecule has 2 unspecified atom stereocenters. The van der Waals surface area contributed by atoms with Crippen LogP contribution in [0.2, 0.25) is 5.02 Å². The van der Waals surface area contributed by atoms with E-state index in [1.165, 1.54) is 6.42 Å². The molecule has 1 aromatic rings. The van der Waals surface area contributed by atoms with Gasteiger partial charge in [0.2, 0.25) is 6.41 Å². The summed E-state index contributed by atoms with van der Waals surface area (Å²) in [4.78, 5) is 12.0. The monoisotopic (exact) mass is 378 g/mol. The van der Waals surface area contributed by atoms with Crippen LogP contribution in [0, 0.1) is 5.92 Å². The first kappa shape index (κ1) is 21.8. The maximum atomic E-state index is 12.2. The standard InChI is InChI=1S/C8H12F3N.C7H6ClNO.C3H8/c1-12-6-2-5(8(9,10)11)3-7(12)4-6;8-6-1-3-7(4-2-6)9-5-10;1-3-2/h5-7H,2-4H2,1H3;1-5H,(H,9,10);3H2,1-2H3/t5?,6-,7?;;/m1../s1. The Morgan fingerprint density at radius 1 is 1.16 bits per heavy atom. The fourth-order valence-corrected chi connectivity index (χ4v) is 3.09. The van der Waals surface area contributed by atoms with Gasteiger partial charge < -0.3 is 10.2 Å². The number of halogens is 4. The molecule has 1 amide bonds. The highest BCUT2D eigenvalue weighted by molar-refractivity contribution is 6.30. The van der Waals surface area contributed by atoms with Gasteiger partial charge in [0, 0.05) is 22.8 Å². The van der Waals surface area contributed by atoms with E-state index in [2.05, 4.69) is 24.1 Å². The lowest BCUT2D eigenvalue weighted by Crippen LogP contribution is -2.60. The van der Waals surface area contributed by atoms with E-state index in [4.69, 9.17) is 11.6 Å². The van der Waals surface area contributed by atoms with Crippen molar-refractivity contribution in [2.45, 2.75) is 57.8 Å². The number of anilines is 1. The van der Waals surface area contributed by atoms with Crippen LogP contribution in [0.15, 0.2) is 24.3 Å². The predicted molar refractivity (Wildman–Crippen MR) is 95.8 cm³/mol. The average molecular weight is 379 g/mol. The molecular weight excluding hydrogens is 353 g/mol. The van der Waals surface area contributed by atoms with Crippen LogP contribution in [0.5, 0.6) is 0 Å². The zero-order valence-electron chi connectivity index (χ0n) is 14.8. The van der Waals surface area contributed by atoms with Gasteiger partial charge in [0.1, 0.15) is 0 Å². The number of carbonyl (C=O) groups is 1. The molecule has 25 heavy (non-hydrogen) atoms. The summed E-state index contributed by atoms with van der Waals surface area (Å²) in [5.41, 5.74) is 0.749. The van der Waals surface area contributed by atoms with Crippen molar-refractivity contribution >= 4 is 23.7 Å². The Morgan fingerprint density at radius 2 is 1.64 bits per heavy atom. The summed E-state index contributed by atoms with van der Waals surface area (Å²) >= 11 is 5.60. The van der Waals surface area contributed by atoms with Crippen molar-refractivity contribution in [3.8, 4) is 0 Å². The van der Waals surface area contributed by atoms with E-state index in [0.29, 0.717) is 24.3 Å². The second-order valence-corrected chi connectivity index (χ2v) is 6.83. The second-order valence-electron chi connectivity index (χ2n) is 6.39. The van der Waals surface area contributed by atoms with Crippen LogP contribution in [0.25, 0.3) is 0 Å². The first-order valence-electron chi connectivity index (χ1n) is 8.47. The Balaban J connectivity index is 0.000000220. The molecule has 0 radical (unpaired) electrons. The smallest absolute Gasteiger partial charge is 0.329 e. The van der Waals surface area contributed by atoms with Crippen LogP contribution in [-0.2, 0) is 4.79 Å². The van der Waals surface area contributed by atoms with Gasteiger partial charge in [0.25, 0.3) is 0 Å². The molecule has 3 nitrogen and oxygen atoms in total. The number of fused-ring (bicyclic) bond motifs is 2. The van der Waals surface area contributed by atoms with Crippen molar-refractivity contribution in [1.29, 1.82) is 0 Å². The molecule has 1 N–H and O–H groups in total. The Bertz CT molecular complexity index is 510. The summed E-state index contributed by atoms with van der Waals surface area (Å²) in [7, 11) is 1.92. The molecule has 1 saturated carbocycles. The largest absolute Gasteiger partial charge is 0.391 e. The minimum Gasteiger partial charge on any atom is -0.329 e. The number of nitrogens with one attached hydrogen (secondary N) is 1. The van der Waals surface area contributed by atoms with E-state index in [0.717, 1.165) is 12.1 Å². The number of piperidine rings is 1. The molecule has 0 aromatic heterocycles. The summed E-state index contributed by atoms with van der Waals surface area (Å²) < 4.78 is 36.7. The number of rotatable bonds is 2. The molecule has 1 aliphatic carbocycles. The number of benzene rings is 1. The molecular formula is C18H26ClF3N2O. The summed E-state index contributed by atoms with van der Waals surface area (Å²) in [5, 5.41) is 3.16. The van der Waals surface area contributed by atoms with E-state index in [1.54, 1.807) is 24.3 Å². The lowest BCUT2D eigenvalue weighted by Gasteiger charge is -2.53. The maximum Gasteiger partial charge on any atom is 0.391 e. The van der Waals surface area contributed by atoms with Crippen molar-refractivity contribution in [3.05, 3.63) is 29.3 Å². The van der Waals surface area contributed by atoms with Gasteiger partial charge in [-0.15, -0.1) is 0 Å². The van der Waals surface area contributed by atoms with Gasteiger partial charge in [0.05, 0.1) is 5.92 Å². The fourth-order valence-electron chi connectivity index (χ4n) is 2.97. The zero-order valence-corrected chi connectivity index (χ0v) is 15.6. The SMILES string of the molecule is CCC.CN1C2CC(C(F)(F)F)C[C@@H]1C2.O=CNc1ccc(Cl)cc1. The molecule has 3 aliphatic rings. The van der Waals surface area contributed by atoms with E-state index in [1.807, 2.05) is 7.05 Å². The highest BCUT2D eigenvalue weighted by Gasteiger charge is 2.51. The number of carbonyl (C=O) groups excluding carboxylic acids is 1. The third-order valence-electron chi connectivity index (χ3n) is 4.34. The first-order valence-corrected chi connectivity index (χ1v) is 8.85. The molecule has 2 heterocycles. The molecule has 2 bridgehead atoms. The van der Waals surface area contributed by atoms with Crippen LogP contribution < -0.4 is 5.32 Å².